The van der Waals surface area contributed by atoms with E-state index in [9.17, 15) is 23.2 Å². The van der Waals surface area contributed by atoms with Crippen molar-refractivity contribution in [1.82, 2.24) is 15.1 Å². The SMILES string of the molecule is C[C@@H]1CN(c2ccc(OC(F)(F)F)c(C#N)c2)CCN1C(=O)NCCC1CCN(Cc2ccccc2)CC1. The number of urea groups is 1. The number of hydrogen-bond donors (Lipinski definition) is 1. The number of amides is 2. The molecule has 2 aromatic rings. The molecule has 0 saturated carbocycles. The number of rotatable bonds is 7. The van der Waals surface area contributed by atoms with Crippen molar-refractivity contribution >= 4 is 11.7 Å². The summed E-state index contributed by atoms with van der Waals surface area (Å²) in [5.41, 5.74) is 1.78. The summed E-state index contributed by atoms with van der Waals surface area (Å²) in [5.74, 6) is 0.0897. The van der Waals surface area contributed by atoms with Gasteiger partial charge in [-0.25, -0.2) is 4.79 Å². The van der Waals surface area contributed by atoms with E-state index in [1.807, 2.05) is 17.9 Å². The summed E-state index contributed by atoms with van der Waals surface area (Å²) >= 11 is 0. The molecule has 2 amide bonds. The molecule has 38 heavy (non-hydrogen) atoms. The molecular formula is C28H34F3N5O2. The van der Waals surface area contributed by atoms with Crippen LogP contribution >= 0.6 is 0 Å². The third-order valence-corrected chi connectivity index (χ3v) is 7.35. The van der Waals surface area contributed by atoms with Crippen LogP contribution in [0.2, 0.25) is 0 Å². The Morgan fingerprint density at radius 3 is 2.50 bits per heavy atom. The van der Waals surface area contributed by atoms with E-state index in [4.69, 9.17) is 0 Å². The van der Waals surface area contributed by atoms with Gasteiger partial charge in [0.1, 0.15) is 11.8 Å². The smallest absolute Gasteiger partial charge is 0.404 e. The van der Waals surface area contributed by atoms with E-state index in [1.165, 1.54) is 17.7 Å². The second-order valence-corrected chi connectivity index (χ2v) is 10.1. The van der Waals surface area contributed by atoms with Crippen molar-refractivity contribution in [1.29, 1.82) is 5.26 Å². The zero-order chi connectivity index (χ0) is 27.1. The lowest BCUT2D eigenvalue weighted by molar-refractivity contribution is -0.274. The van der Waals surface area contributed by atoms with Crippen molar-refractivity contribution in [2.75, 3.05) is 44.2 Å². The van der Waals surface area contributed by atoms with Gasteiger partial charge < -0.3 is 19.9 Å². The molecule has 0 unspecified atom stereocenters. The highest BCUT2D eigenvalue weighted by atomic mass is 19.4. The van der Waals surface area contributed by atoms with Gasteiger partial charge in [-0.2, -0.15) is 5.26 Å². The average molecular weight is 530 g/mol. The lowest BCUT2D eigenvalue weighted by atomic mass is 9.93. The molecule has 2 aliphatic heterocycles. The van der Waals surface area contributed by atoms with Gasteiger partial charge in [0.25, 0.3) is 0 Å². The third-order valence-electron chi connectivity index (χ3n) is 7.35. The quantitative estimate of drug-likeness (QED) is 0.548. The van der Waals surface area contributed by atoms with Gasteiger partial charge in [0.2, 0.25) is 0 Å². The largest absolute Gasteiger partial charge is 0.573 e. The number of carbonyl (C=O) groups is 1. The Balaban J connectivity index is 1.19. The summed E-state index contributed by atoms with van der Waals surface area (Å²) in [4.78, 5) is 19.1. The van der Waals surface area contributed by atoms with Crippen LogP contribution in [0, 0.1) is 17.2 Å². The van der Waals surface area contributed by atoms with E-state index < -0.39 is 12.1 Å². The fourth-order valence-corrected chi connectivity index (χ4v) is 5.27. The average Bonchev–Trinajstić information content (AvgIpc) is 2.89. The van der Waals surface area contributed by atoms with Crippen molar-refractivity contribution in [3.8, 4) is 11.8 Å². The molecule has 0 radical (unpaired) electrons. The highest BCUT2D eigenvalue weighted by molar-refractivity contribution is 5.75. The first-order chi connectivity index (χ1) is 18.2. The Morgan fingerprint density at radius 1 is 1.11 bits per heavy atom. The predicted octanol–water partition coefficient (Wildman–Crippen LogP) is 4.98. The zero-order valence-corrected chi connectivity index (χ0v) is 21.6. The maximum atomic E-state index is 12.8. The molecule has 0 spiro atoms. The number of nitrogens with one attached hydrogen (secondary N) is 1. The van der Waals surface area contributed by atoms with Crippen LogP contribution in [0.4, 0.5) is 23.7 Å². The molecule has 2 aliphatic rings. The molecule has 0 aromatic heterocycles. The van der Waals surface area contributed by atoms with Gasteiger partial charge in [-0.15, -0.1) is 13.2 Å². The van der Waals surface area contributed by atoms with E-state index >= 15 is 0 Å². The van der Waals surface area contributed by atoms with Gasteiger partial charge >= 0.3 is 12.4 Å². The first-order valence-electron chi connectivity index (χ1n) is 13.1. The van der Waals surface area contributed by atoms with Crippen LogP contribution in [-0.4, -0.2) is 67.5 Å². The maximum Gasteiger partial charge on any atom is 0.573 e. The second-order valence-electron chi connectivity index (χ2n) is 10.1. The highest BCUT2D eigenvalue weighted by Crippen LogP contribution is 2.30. The lowest BCUT2D eigenvalue weighted by Crippen LogP contribution is -2.56. The molecule has 0 bridgehead atoms. The number of nitriles is 1. The maximum absolute atomic E-state index is 12.8. The summed E-state index contributed by atoms with van der Waals surface area (Å²) in [6, 6.07) is 16.2. The fourth-order valence-electron chi connectivity index (χ4n) is 5.27. The van der Waals surface area contributed by atoms with Crippen molar-refractivity contribution in [3.63, 3.8) is 0 Å². The highest BCUT2D eigenvalue weighted by Gasteiger charge is 2.33. The molecule has 0 aliphatic carbocycles. The Hall–Kier alpha value is -3.45. The van der Waals surface area contributed by atoms with Crippen molar-refractivity contribution < 1.29 is 22.7 Å². The van der Waals surface area contributed by atoms with Crippen molar-refractivity contribution in [2.45, 2.75) is 45.1 Å². The van der Waals surface area contributed by atoms with Crippen LogP contribution in [-0.2, 0) is 6.54 Å². The standard InChI is InChI=1S/C28H34F3N5O2/c1-21-19-35(25-7-8-26(24(17-25)18-32)38-28(29,30)31)15-16-36(21)27(37)33-12-9-22-10-13-34(14-11-22)20-23-5-3-2-4-6-23/h2-8,17,21-22H,9-16,19-20H2,1H3,(H,33,37)/t21-/m1/s1. The summed E-state index contributed by atoms with van der Waals surface area (Å²) in [6.07, 6.45) is -1.63. The Morgan fingerprint density at radius 2 is 1.84 bits per heavy atom. The van der Waals surface area contributed by atoms with Gasteiger partial charge in [-0.3, -0.25) is 4.90 Å². The van der Waals surface area contributed by atoms with E-state index in [0.29, 0.717) is 37.8 Å². The topological polar surface area (TPSA) is 71.8 Å². The molecule has 204 valence electrons. The Bertz CT molecular complexity index is 1110. The number of alkyl halides is 3. The minimum atomic E-state index is -4.86. The second kappa shape index (κ2) is 12.4. The van der Waals surface area contributed by atoms with Gasteiger partial charge in [0, 0.05) is 44.5 Å². The van der Waals surface area contributed by atoms with Gasteiger partial charge in [0.15, 0.2) is 0 Å². The summed E-state index contributed by atoms with van der Waals surface area (Å²) in [5, 5.41) is 12.3. The zero-order valence-electron chi connectivity index (χ0n) is 21.6. The van der Waals surface area contributed by atoms with E-state index in [1.54, 1.807) is 11.0 Å². The summed E-state index contributed by atoms with van der Waals surface area (Å²) in [7, 11) is 0. The van der Waals surface area contributed by atoms with E-state index in [-0.39, 0.29) is 17.6 Å². The molecule has 7 nitrogen and oxygen atoms in total. The molecular weight excluding hydrogens is 495 g/mol. The number of benzene rings is 2. The predicted molar refractivity (Wildman–Crippen MR) is 139 cm³/mol. The van der Waals surface area contributed by atoms with Crippen LogP contribution in [0.5, 0.6) is 5.75 Å². The monoisotopic (exact) mass is 529 g/mol. The molecule has 10 heteroatoms. The normalized spacial score (nSPS) is 19.2. The minimum Gasteiger partial charge on any atom is -0.404 e. The first kappa shape index (κ1) is 27.6. The Kier molecular flexibility index (Phi) is 9.00. The third kappa shape index (κ3) is 7.54. The van der Waals surface area contributed by atoms with E-state index in [0.717, 1.165) is 45.0 Å². The van der Waals surface area contributed by atoms with Crippen molar-refractivity contribution in [2.24, 2.45) is 5.92 Å². The number of carbonyl (C=O) groups excluding carboxylic acids is 1. The number of anilines is 1. The number of piperazine rings is 1. The van der Waals surface area contributed by atoms with Crippen LogP contribution in [0.1, 0.15) is 37.3 Å². The van der Waals surface area contributed by atoms with Gasteiger partial charge in [0.05, 0.1) is 5.56 Å². The van der Waals surface area contributed by atoms with Crippen LogP contribution in [0.25, 0.3) is 0 Å². The number of nitrogens with zero attached hydrogens (tertiary/aromatic N) is 4. The lowest BCUT2D eigenvalue weighted by Gasteiger charge is -2.41. The van der Waals surface area contributed by atoms with Crippen molar-refractivity contribution in [3.05, 3.63) is 59.7 Å². The summed E-state index contributed by atoms with van der Waals surface area (Å²) < 4.78 is 41.7. The molecule has 2 heterocycles. The molecule has 1 atom stereocenters. The first-order valence-corrected chi connectivity index (χ1v) is 13.1. The van der Waals surface area contributed by atoms with Crippen LogP contribution in [0.15, 0.2) is 48.5 Å². The number of halogens is 3. The molecule has 1 N–H and O–H groups in total. The minimum absolute atomic E-state index is 0.0923. The van der Waals surface area contributed by atoms with Gasteiger partial charge in [-0.1, -0.05) is 30.3 Å². The van der Waals surface area contributed by atoms with Crippen LogP contribution < -0.4 is 15.0 Å². The van der Waals surface area contributed by atoms with Gasteiger partial charge in [-0.05, 0) is 69.0 Å². The number of ether oxygens (including phenoxy) is 1. The molecule has 2 fully saturated rings. The van der Waals surface area contributed by atoms with Crippen LogP contribution in [0.3, 0.4) is 0 Å². The Labute approximate surface area is 221 Å². The molecule has 2 aromatic carbocycles. The molecule has 2 saturated heterocycles. The number of piperidine rings is 1. The van der Waals surface area contributed by atoms with E-state index in [2.05, 4.69) is 39.2 Å². The molecule has 4 rings (SSSR count). The fraction of sp³-hybridized carbons (Fsp3) is 0.500. The number of likely N-dealkylation sites (tertiary alicyclic amines) is 1. The number of hydrogen-bond acceptors (Lipinski definition) is 5. The summed E-state index contributed by atoms with van der Waals surface area (Å²) in [6.45, 7) is 7.22.